The number of rotatable bonds is 1. The van der Waals surface area contributed by atoms with Gasteiger partial charge >= 0.3 is 0 Å². The normalized spacial score (nSPS) is 11.4. The van der Waals surface area contributed by atoms with Gasteiger partial charge in [0.05, 0.1) is 17.2 Å². The number of pyridine rings is 1. The molecular formula is C9H10IN3. The van der Waals surface area contributed by atoms with Crippen LogP contribution in [0.25, 0.3) is 11.0 Å². The Morgan fingerprint density at radius 3 is 2.92 bits per heavy atom. The molecule has 3 nitrogen and oxygen atoms in total. The lowest BCUT2D eigenvalue weighted by molar-refractivity contribution is 0.799. The summed E-state index contributed by atoms with van der Waals surface area (Å²) in [5, 5.41) is 0. The van der Waals surface area contributed by atoms with Crippen LogP contribution in [0.15, 0.2) is 12.3 Å². The first kappa shape index (κ1) is 8.93. The molecule has 13 heavy (non-hydrogen) atoms. The van der Waals surface area contributed by atoms with Crippen LogP contribution in [-0.4, -0.2) is 15.0 Å². The maximum absolute atomic E-state index is 4.47. The SMILES string of the molecule is CC(C)c1nc2cc(I)ncc2[nH]1. The predicted molar refractivity (Wildman–Crippen MR) is 60.7 cm³/mol. The Balaban J connectivity index is 2.62. The van der Waals surface area contributed by atoms with E-state index in [4.69, 9.17) is 0 Å². The lowest BCUT2D eigenvalue weighted by atomic mass is 10.2. The maximum atomic E-state index is 4.47. The molecular weight excluding hydrogens is 277 g/mol. The highest BCUT2D eigenvalue weighted by molar-refractivity contribution is 14.1. The second kappa shape index (κ2) is 3.25. The second-order valence-electron chi connectivity index (χ2n) is 3.30. The van der Waals surface area contributed by atoms with Gasteiger partial charge in [-0.15, -0.1) is 0 Å². The third-order valence-corrected chi connectivity index (χ3v) is 2.49. The van der Waals surface area contributed by atoms with Gasteiger partial charge < -0.3 is 4.98 Å². The summed E-state index contributed by atoms with van der Waals surface area (Å²) in [4.78, 5) is 11.9. The maximum Gasteiger partial charge on any atom is 0.109 e. The van der Waals surface area contributed by atoms with Crippen LogP contribution < -0.4 is 0 Å². The predicted octanol–water partition coefficient (Wildman–Crippen LogP) is 2.69. The quantitative estimate of drug-likeness (QED) is 0.647. The Hall–Kier alpha value is -0.650. The van der Waals surface area contributed by atoms with E-state index in [1.807, 2.05) is 12.3 Å². The van der Waals surface area contributed by atoms with Crippen LogP contribution >= 0.6 is 22.6 Å². The molecule has 0 saturated carbocycles. The van der Waals surface area contributed by atoms with Crippen LogP contribution in [0.3, 0.4) is 0 Å². The summed E-state index contributed by atoms with van der Waals surface area (Å²) in [6.45, 7) is 4.24. The molecule has 0 bridgehead atoms. The summed E-state index contributed by atoms with van der Waals surface area (Å²) in [6.07, 6.45) is 1.83. The molecule has 68 valence electrons. The summed E-state index contributed by atoms with van der Waals surface area (Å²) in [5.41, 5.74) is 2.02. The van der Waals surface area contributed by atoms with Gasteiger partial charge in [0.2, 0.25) is 0 Å². The van der Waals surface area contributed by atoms with Crippen molar-refractivity contribution in [1.82, 2.24) is 15.0 Å². The molecule has 0 saturated heterocycles. The van der Waals surface area contributed by atoms with Crippen LogP contribution in [-0.2, 0) is 0 Å². The van der Waals surface area contributed by atoms with Gasteiger partial charge in [-0.05, 0) is 28.7 Å². The van der Waals surface area contributed by atoms with E-state index in [0.717, 1.165) is 20.6 Å². The minimum Gasteiger partial charge on any atom is -0.340 e. The topological polar surface area (TPSA) is 41.6 Å². The molecule has 4 heteroatoms. The zero-order valence-electron chi connectivity index (χ0n) is 7.50. The van der Waals surface area contributed by atoms with Gasteiger partial charge in [0.25, 0.3) is 0 Å². The molecule has 0 aliphatic rings. The van der Waals surface area contributed by atoms with E-state index in [1.165, 1.54) is 0 Å². The van der Waals surface area contributed by atoms with Gasteiger partial charge in [-0.1, -0.05) is 13.8 Å². The molecule has 0 spiro atoms. The molecule has 0 fully saturated rings. The van der Waals surface area contributed by atoms with Crippen molar-refractivity contribution < 1.29 is 0 Å². The fourth-order valence-electron chi connectivity index (χ4n) is 1.18. The monoisotopic (exact) mass is 287 g/mol. The zero-order valence-corrected chi connectivity index (χ0v) is 9.66. The van der Waals surface area contributed by atoms with E-state index >= 15 is 0 Å². The zero-order chi connectivity index (χ0) is 9.42. The Morgan fingerprint density at radius 1 is 1.46 bits per heavy atom. The highest BCUT2D eigenvalue weighted by Gasteiger charge is 2.06. The molecule has 0 aliphatic carbocycles. The largest absolute Gasteiger partial charge is 0.340 e. The molecule has 2 rings (SSSR count). The fourth-order valence-corrected chi connectivity index (χ4v) is 1.61. The summed E-state index contributed by atoms with van der Waals surface area (Å²) in [7, 11) is 0. The van der Waals surface area contributed by atoms with E-state index in [1.54, 1.807) is 0 Å². The van der Waals surface area contributed by atoms with E-state index in [9.17, 15) is 0 Å². The number of nitrogens with zero attached hydrogens (tertiary/aromatic N) is 2. The number of aromatic nitrogens is 3. The van der Waals surface area contributed by atoms with Crippen molar-refractivity contribution >= 4 is 33.6 Å². The average Bonchev–Trinajstić information content (AvgIpc) is 2.46. The van der Waals surface area contributed by atoms with Crippen LogP contribution in [0.1, 0.15) is 25.6 Å². The molecule has 0 aromatic carbocycles. The highest BCUT2D eigenvalue weighted by Crippen LogP contribution is 2.17. The number of imidazole rings is 1. The number of nitrogens with one attached hydrogen (secondary N) is 1. The number of halogens is 1. The molecule has 0 atom stereocenters. The summed E-state index contributed by atoms with van der Waals surface area (Å²) in [6, 6.07) is 1.98. The van der Waals surface area contributed by atoms with Crippen molar-refractivity contribution in [3.8, 4) is 0 Å². The van der Waals surface area contributed by atoms with Gasteiger partial charge in [-0.2, -0.15) is 0 Å². The smallest absolute Gasteiger partial charge is 0.109 e. The Morgan fingerprint density at radius 2 is 2.23 bits per heavy atom. The first-order valence-corrected chi connectivity index (χ1v) is 5.26. The van der Waals surface area contributed by atoms with Crippen molar-refractivity contribution in [2.75, 3.05) is 0 Å². The third-order valence-electron chi connectivity index (χ3n) is 1.90. The first-order chi connectivity index (χ1) is 6.16. The van der Waals surface area contributed by atoms with E-state index in [2.05, 4.69) is 51.4 Å². The molecule has 0 aliphatic heterocycles. The highest BCUT2D eigenvalue weighted by atomic mass is 127. The molecule has 2 aromatic rings. The van der Waals surface area contributed by atoms with Crippen molar-refractivity contribution in [2.45, 2.75) is 19.8 Å². The molecule has 0 radical (unpaired) electrons. The van der Waals surface area contributed by atoms with Crippen LogP contribution in [0, 0.1) is 3.70 Å². The van der Waals surface area contributed by atoms with Crippen molar-refractivity contribution in [3.63, 3.8) is 0 Å². The number of hydrogen-bond donors (Lipinski definition) is 1. The first-order valence-electron chi connectivity index (χ1n) is 4.18. The number of aromatic amines is 1. The minimum absolute atomic E-state index is 0.435. The van der Waals surface area contributed by atoms with Gasteiger partial charge in [-0.3, -0.25) is 0 Å². The fraction of sp³-hybridized carbons (Fsp3) is 0.333. The molecule has 0 unspecified atom stereocenters. The number of hydrogen-bond acceptors (Lipinski definition) is 2. The van der Waals surface area contributed by atoms with Crippen LogP contribution in [0.2, 0.25) is 0 Å². The second-order valence-corrected chi connectivity index (χ2v) is 4.41. The van der Waals surface area contributed by atoms with E-state index < -0.39 is 0 Å². The van der Waals surface area contributed by atoms with Gasteiger partial charge in [0.15, 0.2) is 0 Å². The Bertz CT molecular complexity index is 433. The van der Waals surface area contributed by atoms with Crippen molar-refractivity contribution in [1.29, 1.82) is 0 Å². The van der Waals surface area contributed by atoms with Gasteiger partial charge in [0, 0.05) is 5.92 Å². The summed E-state index contributed by atoms with van der Waals surface area (Å²) >= 11 is 2.19. The number of fused-ring (bicyclic) bond motifs is 1. The van der Waals surface area contributed by atoms with E-state index in [0.29, 0.717) is 5.92 Å². The van der Waals surface area contributed by atoms with Crippen molar-refractivity contribution in [3.05, 3.63) is 21.8 Å². The average molecular weight is 287 g/mol. The minimum atomic E-state index is 0.435. The molecule has 2 aromatic heterocycles. The van der Waals surface area contributed by atoms with Crippen LogP contribution in [0.4, 0.5) is 0 Å². The van der Waals surface area contributed by atoms with E-state index in [-0.39, 0.29) is 0 Å². The van der Waals surface area contributed by atoms with Crippen LogP contribution in [0.5, 0.6) is 0 Å². The molecule has 0 amide bonds. The lowest BCUT2D eigenvalue weighted by Crippen LogP contribution is -1.88. The lowest BCUT2D eigenvalue weighted by Gasteiger charge is -1.95. The van der Waals surface area contributed by atoms with Gasteiger partial charge in [-0.25, -0.2) is 9.97 Å². The van der Waals surface area contributed by atoms with Crippen molar-refractivity contribution in [2.24, 2.45) is 0 Å². The third kappa shape index (κ3) is 1.67. The van der Waals surface area contributed by atoms with Gasteiger partial charge in [0.1, 0.15) is 9.53 Å². The Kier molecular flexibility index (Phi) is 2.23. The molecule has 2 heterocycles. The summed E-state index contributed by atoms with van der Waals surface area (Å²) in [5.74, 6) is 1.46. The standard InChI is InChI=1S/C9H10IN3/c1-5(2)9-12-6-3-8(10)11-4-7(6)13-9/h3-5H,1-2H3,(H,12,13). The molecule has 1 N–H and O–H groups in total. The number of H-pyrrole nitrogens is 1. The summed E-state index contributed by atoms with van der Waals surface area (Å²) < 4.78 is 0.979. The Labute approximate surface area is 90.1 Å².